The summed E-state index contributed by atoms with van der Waals surface area (Å²) in [6.45, 7) is 3.22. The number of benzene rings is 1. The van der Waals surface area contributed by atoms with E-state index in [4.69, 9.17) is 10.00 Å². The molecule has 27 heavy (non-hydrogen) atoms. The number of ether oxygens (including phenoxy) is 1. The smallest absolute Gasteiger partial charge is 0.238 e. The lowest BCUT2D eigenvalue weighted by molar-refractivity contribution is -0.119. The highest BCUT2D eigenvalue weighted by Gasteiger charge is 2.13. The van der Waals surface area contributed by atoms with Gasteiger partial charge in [0, 0.05) is 18.7 Å². The van der Waals surface area contributed by atoms with Gasteiger partial charge < -0.3 is 15.4 Å². The number of methoxy groups -OCH3 is 1. The number of hydrogen-bond donors (Lipinski definition) is 2. The average Bonchev–Trinajstić information content (AvgIpc) is 3.12. The second-order valence-corrected chi connectivity index (χ2v) is 6.63. The van der Waals surface area contributed by atoms with Crippen LogP contribution in [0.15, 0.2) is 35.7 Å². The Morgan fingerprint density at radius 1 is 1.19 bits per heavy atom. The molecule has 2 aromatic rings. The molecule has 0 saturated heterocycles. The van der Waals surface area contributed by atoms with Crippen molar-refractivity contribution in [3.05, 3.63) is 41.3 Å². The molecule has 0 saturated carbocycles. The summed E-state index contributed by atoms with van der Waals surface area (Å²) in [4.78, 5) is 26.2. The standard InChI is InChI=1S/C19H22N4O3S/c1-3-23(10-8-17(24)22-19-14(12-20)9-11-27-19)13-18(25)21-15-4-6-16(26-2)7-5-15/h4-7,9,11H,3,8,10,13H2,1-2H3,(H,21,25)(H,22,24). The number of nitrogens with zero attached hydrogens (tertiary/aromatic N) is 2. The zero-order valence-corrected chi connectivity index (χ0v) is 16.1. The molecule has 1 aromatic heterocycles. The van der Waals surface area contributed by atoms with Gasteiger partial charge in [0.25, 0.3) is 0 Å². The van der Waals surface area contributed by atoms with E-state index in [-0.39, 0.29) is 24.8 Å². The minimum atomic E-state index is -0.178. The van der Waals surface area contributed by atoms with Gasteiger partial charge in [-0.25, -0.2) is 0 Å². The Balaban J connectivity index is 1.79. The number of thiophene rings is 1. The molecule has 142 valence electrons. The topological polar surface area (TPSA) is 94.5 Å². The Kier molecular flexibility index (Phi) is 7.79. The molecule has 0 aliphatic rings. The van der Waals surface area contributed by atoms with Crippen LogP contribution in [0.25, 0.3) is 0 Å². The van der Waals surface area contributed by atoms with E-state index in [1.807, 2.05) is 17.9 Å². The van der Waals surface area contributed by atoms with Gasteiger partial charge in [0.05, 0.1) is 19.2 Å². The predicted molar refractivity (Wildman–Crippen MR) is 106 cm³/mol. The molecule has 1 heterocycles. The van der Waals surface area contributed by atoms with E-state index >= 15 is 0 Å². The molecule has 0 fully saturated rings. The van der Waals surface area contributed by atoms with Crippen LogP contribution in [0.2, 0.25) is 0 Å². The summed E-state index contributed by atoms with van der Waals surface area (Å²) in [6.07, 6.45) is 0.242. The third kappa shape index (κ3) is 6.40. The summed E-state index contributed by atoms with van der Waals surface area (Å²) in [6, 6.07) is 10.8. The molecule has 0 unspecified atom stereocenters. The first-order valence-electron chi connectivity index (χ1n) is 8.49. The minimum absolute atomic E-state index is 0.146. The number of hydrogen-bond acceptors (Lipinski definition) is 6. The lowest BCUT2D eigenvalue weighted by Crippen LogP contribution is -2.35. The van der Waals surface area contributed by atoms with Gasteiger partial charge in [0.15, 0.2) is 0 Å². The summed E-state index contributed by atoms with van der Waals surface area (Å²) < 4.78 is 5.09. The molecule has 8 heteroatoms. The third-order valence-electron chi connectivity index (χ3n) is 3.88. The van der Waals surface area contributed by atoms with Crippen molar-refractivity contribution in [2.75, 3.05) is 37.4 Å². The Morgan fingerprint density at radius 3 is 2.56 bits per heavy atom. The predicted octanol–water partition coefficient (Wildman–Crippen LogP) is 2.92. The largest absolute Gasteiger partial charge is 0.497 e. The van der Waals surface area contributed by atoms with E-state index < -0.39 is 0 Å². The highest BCUT2D eigenvalue weighted by molar-refractivity contribution is 7.14. The Bertz CT molecular complexity index is 811. The van der Waals surface area contributed by atoms with E-state index in [1.165, 1.54) is 11.3 Å². The quantitative estimate of drug-likeness (QED) is 0.691. The zero-order valence-electron chi connectivity index (χ0n) is 15.3. The van der Waals surface area contributed by atoms with Crippen LogP contribution in [0, 0.1) is 11.3 Å². The summed E-state index contributed by atoms with van der Waals surface area (Å²) in [5.74, 6) is 0.398. The van der Waals surface area contributed by atoms with E-state index in [0.717, 1.165) is 5.75 Å². The number of carbonyl (C=O) groups is 2. The van der Waals surface area contributed by atoms with Crippen LogP contribution in [0.4, 0.5) is 10.7 Å². The van der Waals surface area contributed by atoms with Crippen molar-refractivity contribution >= 4 is 33.8 Å². The van der Waals surface area contributed by atoms with Gasteiger partial charge in [0.1, 0.15) is 16.8 Å². The van der Waals surface area contributed by atoms with Crippen molar-refractivity contribution < 1.29 is 14.3 Å². The molecule has 0 aliphatic carbocycles. The van der Waals surface area contributed by atoms with Gasteiger partial charge in [-0.05, 0) is 42.3 Å². The van der Waals surface area contributed by atoms with Crippen LogP contribution >= 0.6 is 11.3 Å². The van der Waals surface area contributed by atoms with Crippen molar-refractivity contribution in [1.29, 1.82) is 5.26 Å². The molecule has 2 N–H and O–H groups in total. The molecular weight excluding hydrogens is 364 g/mol. The van der Waals surface area contributed by atoms with E-state index in [1.54, 1.807) is 42.8 Å². The van der Waals surface area contributed by atoms with E-state index in [9.17, 15) is 9.59 Å². The van der Waals surface area contributed by atoms with Crippen LogP contribution in [-0.2, 0) is 9.59 Å². The first-order valence-corrected chi connectivity index (χ1v) is 9.37. The Labute approximate surface area is 162 Å². The molecule has 7 nitrogen and oxygen atoms in total. The fourth-order valence-corrected chi connectivity index (χ4v) is 3.12. The lowest BCUT2D eigenvalue weighted by atomic mass is 10.3. The van der Waals surface area contributed by atoms with Crippen molar-refractivity contribution in [2.45, 2.75) is 13.3 Å². The van der Waals surface area contributed by atoms with Crippen LogP contribution < -0.4 is 15.4 Å². The molecule has 0 bridgehead atoms. The minimum Gasteiger partial charge on any atom is -0.497 e. The number of likely N-dealkylation sites (N-methyl/N-ethyl adjacent to an activating group) is 1. The second kappa shape index (κ2) is 10.3. The fourth-order valence-electron chi connectivity index (χ4n) is 2.37. The number of anilines is 2. The maximum Gasteiger partial charge on any atom is 0.238 e. The van der Waals surface area contributed by atoms with Crippen LogP contribution in [-0.4, -0.2) is 43.5 Å². The lowest BCUT2D eigenvalue weighted by Gasteiger charge is -2.19. The summed E-state index contributed by atoms with van der Waals surface area (Å²) in [5, 5.41) is 16.9. The maximum absolute atomic E-state index is 12.2. The van der Waals surface area contributed by atoms with E-state index in [2.05, 4.69) is 10.6 Å². The van der Waals surface area contributed by atoms with Gasteiger partial charge in [-0.2, -0.15) is 5.26 Å². The summed E-state index contributed by atoms with van der Waals surface area (Å²) in [7, 11) is 1.59. The van der Waals surface area contributed by atoms with Crippen molar-refractivity contribution in [3.8, 4) is 11.8 Å². The van der Waals surface area contributed by atoms with Crippen molar-refractivity contribution in [2.24, 2.45) is 0 Å². The van der Waals surface area contributed by atoms with Crippen LogP contribution in [0.3, 0.4) is 0 Å². The van der Waals surface area contributed by atoms with Gasteiger partial charge in [-0.15, -0.1) is 11.3 Å². The summed E-state index contributed by atoms with van der Waals surface area (Å²) in [5.41, 5.74) is 1.15. The van der Waals surface area contributed by atoms with Gasteiger partial charge in [-0.1, -0.05) is 6.92 Å². The Morgan fingerprint density at radius 2 is 1.93 bits per heavy atom. The number of amides is 2. The monoisotopic (exact) mass is 386 g/mol. The molecular formula is C19H22N4O3S. The maximum atomic E-state index is 12.2. The highest BCUT2D eigenvalue weighted by Crippen LogP contribution is 2.22. The molecule has 0 spiro atoms. The van der Waals surface area contributed by atoms with Crippen LogP contribution in [0.5, 0.6) is 5.75 Å². The van der Waals surface area contributed by atoms with Gasteiger partial charge >= 0.3 is 0 Å². The molecule has 2 amide bonds. The Hall–Kier alpha value is -2.89. The molecule has 2 rings (SSSR count). The summed E-state index contributed by atoms with van der Waals surface area (Å²) >= 11 is 1.32. The fraction of sp³-hybridized carbons (Fsp3) is 0.316. The SMILES string of the molecule is CCN(CCC(=O)Nc1sccc1C#N)CC(=O)Nc1ccc(OC)cc1. The number of nitriles is 1. The van der Waals surface area contributed by atoms with Crippen molar-refractivity contribution in [1.82, 2.24) is 4.90 Å². The molecule has 0 radical (unpaired) electrons. The van der Waals surface area contributed by atoms with Gasteiger partial charge in [-0.3, -0.25) is 14.5 Å². The molecule has 1 aromatic carbocycles. The first-order chi connectivity index (χ1) is 13.0. The number of nitrogens with one attached hydrogen (secondary N) is 2. The van der Waals surface area contributed by atoms with Crippen molar-refractivity contribution in [3.63, 3.8) is 0 Å². The average molecular weight is 386 g/mol. The first kappa shape index (κ1) is 20.4. The molecule has 0 atom stereocenters. The highest BCUT2D eigenvalue weighted by atomic mass is 32.1. The second-order valence-electron chi connectivity index (χ2n) is 5.72. The normalized spacial score (nSPS) is 10.3. The van der Waals surface area contributed by atoms with Gasteiger partial charge in [0.2, 0.25) is 11.8 Å². The zero-order chi connectivity index (χ0) is 19.6. The molecule has 0 aliphatic heterocycles. The number of carbonyl (C=O) groups excluding carboxylic acids is 2. The van der Waals surface area contributed by atoms with Crippen LogP contribution in [0.1, 0.15) is 18.9 Å². The van der Waals surface area contributed by atoms with E-state index in [0.29, 0.717) is 29.3 Å². The third-order valence-corrected chi connectivity index (χ3v) is 4.71. The number of rotatable bonds is 9.